The summed E-state index contributed by atoms with van der Waals surface area (Å²) in [6, 6.07) is 0.112. The summed E-state index contributed by atoms with van der Waals surface area (Å²) in [6.45, 7) is 1.00. The van der Waals surface area contributed by atoms with Gasteiger partial charge in [0.15, 0.2) is 5.82 Å². The standard InChI is InChI=1S/C11H18N4/c12-9-6-3-7-15-11(9)13-10(14-15)8-4-1-2-5-8/h8-9H,1-7,12H2. The lowest BCUT2D eigenvalue weighted by atomic mass is 10.1. The van der Waals surface area contributed by atoms with Gasteiger partial charge in [-0.15, -0.1) is 0 Å². The second kappa shape index (κ2) is 3.59. The minimum absolute atomic E-state index is 0.112. The molecular weight excluding hydrogens is 188 g/mol. The van der Waals surface area contributed by atoms with Crippen molar-refractivity contribution >= 4 is 0 Å². The maximum atomic E-state index is 6.04. The first-order valence-electron chi connectivity index (χ1n) is 6.05. The molecule has 0 amide bonds. The number of aryl methyl sites for hydroxylation is 1. The molecule has 3 rings (SSSR count). The largest absolute Gasteiger partial charge is 0.321 e. The first kappa shape index (κ1) is 9.33. The third-order valence-electron chi connectivity index (χ3n) is 3.65. The summed E-state index contributed by atoms with van der Waals surface area (Å²) in [4.78, 5) is 4.64. The fourth-order valence-electron chi connectivity index (χ4n) is 2.76. The predicted molar refractivity (Wildman–Crippen MR) is 57.4 cm³/mol. The zero-order chi connectivity index (χ0) is 10.3. The number of hydrogen-bond donors (Lipinski definition) is 1. The van der Waals surface area contributed by atoms with E-state index in [4.69, 9.17) is 5.73 Å². The average molecular weight is 206 g/mol. The van der Waals surface area contributed by atoms with Crippen LogP contribution in [0.5, 0.6) is 0 Å². The van der Waals surface area contributed by atoms with Gasteiger partial charge in [0.05, 0.1) is 6.04 Å². The summed E-state index contributed by atoms with van der Waals surface area (Å²) in [5.41, 5.74) is 6.04. The lowest BCUT2D eigenvalue weighted by Crippen LogP contribution is -2.22. The summed E-state index contributed by atoms with van der Waals surface area (Å²) in [6.07, 6.45) is 7.39. The molecule has 15 heavy (non-hydrogen) atoms. The van der Waals surface area contributed by atoms with Crippen LogP contribution in [0, 0.1) is 0 Å². The van der Waals surface area contributed by atoms with Gasteiger partial charge in [0, 0.05) is 12.5 Å². The minimum Gasteiger partial charge on any atom is -0.321 e. The first-order chi connectivity index (χ1) is 7.34. The molecule has 0 radical (unpaired) electrons. The molecule has 1 atom stereocenters. The minimum atomic E-state index is 0.112. The molecular formula is C11H18N4. The van der Waals surface area contributed by atoms with Crippen LogP contribution in [0.1, 0.15) is 62.1 Å². The van der Waals surface area contributed by atoms with E-state index in [1.54, 1.807) is 0 Å². The molecule has 0 saturated heterocycles. The fraction of sp³-hybridized carbons (Fsp3) is 0.818. The highest BCUT2D eigenvalue weighted by Gasteiger charge is 2.26. The van der Waals surface area contributed by atoms with Crippen LogP contribution in [0.2, 0.25) is 0 Å². The molecule has 1 aliphatic carbocycles. The maximum absolute atomic E-state index is 6.04. The molecule has 1 aromatic heterocycles. The Bertz CT molecular complexity index is 351. The number of nitrogens with zero attached hydrogens (tertiary/aromatic N) is 3. The second-order valence-electron chi connectivity index (χ2n) is 4.78. The zero-order valence-electron chi connectivity index (χ0n) is 9.02. The second-order valence-corrected chi connectivity index (χ2v) is 4.78. The maximum Gasteiger partial charge on any atom is 0.154 e. The Morgan fingerprint density at radius 2 is 1.93 bits per heavy atom. The topological polar surface area (TPSA) is 56.7 Å². The first-order valence-corrected chi connectivity index (χ1v) is 6.05. The van der Waals surface area contributed by atoms with Crippen LogP contribution in [0.3, 0.4) is 0 Å². The molecule has 0 spiro atoms. The van der Waals surface area contributed by atoms with E-state index in [9.17, 15) is 0 Å². The molecule has 0 bridgehead atoms. The molecule has 1 saturated carbocycles. The van der Waals surface area contributed by atoms with Crippen LogP contribution >= 0.6 is 0 Å². The van der Waals surface area contributed by atoms with E-state index in [1.165, 1.54) is 25.7 Å². The van der Waals surface area contributed by atoms with Gasteiger partial charge in [0.1, 0.15) is 5.82 Å². The van der Waals surface area contributed by atoms with Gasteiger partial charge in [-0.25, -0.2) is 9.67 Å². The zero-order valence-corrected chi connectivity index (χ0v) is 9.02. The van der Waals surface area contributed by atoms with Crippen LogP contribution in [-0.4, -0.2) is 14.8 Å². The summed E-state index contributed by atoms with van der Waals surface area (Å²) in [5, 5.41) is 4.61. The lowest BCUT2D eigenvalue weighted by Gasteiger charge is -2.17. The van der Waals surface area contributed by atoms with E-state index in [0.29, 0.717) is 5.92 Å². The highest BCUT2D eigenvalue weighted by molar-refractivity contribution is 5.05. The van der Waals surface area contributed by atoms with Crippen LogP contribution in [0.25, 0.3) is 0 Å². The smallest absolute Gasteiger partial charge is 0.154 e. The van der Waals surface area contributed by atoms with Crippen molar-refractivity contribution in [1.29, 1.82) is 0 Å². The molecule has 1 aliphatic heterocycles. The van der Waals surface area contributed by atoms with Crippen molar-refractivity contribution in [2.24, 2.45) is 5.73 Å². The summed E-state index contributed by atoms with van der Waals surface area (Å²) in [5.74, 6) is 2.68. The highest BCUT2D eigenvalue weighted by atomic mass is 15.4. The van der Waals surface area contributed by atoms with Gasteiger partial charge in [-0.3, -0.25) is 0 Å². The van der Waals surface area contributed by atoms with E-state index in [1.807, 2.05) is 4.68 Å². The van der Waals surface area contributed by atoms with Gasteiger partial charge in [0.25, 0.3) is 0 Å². The lowest BCUT2D eigenvalue weighted by molar-refractivity contribution is 0.421. The summed E-state index contributed by atoms with van der Waals surface area (Å²) in [7, 11) is 0. The van der Waals surface area contributed by atoms with Crippen LogP contribution in [0.4, 0.5) is 0 Å². The summed E-state index contributed by atoms with van der Waals surface area (Å²) >= 11 is 0. The van der Waals surface area contributed by atoms with Gasteiger partial charge in [0.2, 0.25) is 0 Å². The van der Waals surface area contributed by atoms with E-state index in [-0.39, 0.29) is 6.04 Å². The average Bonchev–Trinajstić information content (AvgIpc) is 2.86. The monoisotopic (exact) mass is 206 g/mol. The van der Waals surface area contributed by atoms with Gasteiger partial charge in [-0.05, 0) is 25.7 Å². The van der Waals surface area contributed by atoms with Crippen LogP contribution < -0.4 is 5.73 Å². The van der Waals surface area contributed by atoms with Crippen molar-refractivity contribution in [3.8, 4) is 0 Å². The normalized spacial score (nSPS) is 26.9. The van der Waals surface area contributed by atoms with E-state index in [2.05, 4.69) is 10.1 Å². The van der Waals surface area contributed by atoms with Crippen molar-refractivity contribution in [3.05, 3.63) is 11.6 Å². The van der Waals surface area contributed by atoms with Crippen molar-refractivity contribution in [2.45, 2.75) is 57.0 Å². The van der Waals surface area contributed by atoms with Crippen molar-refractivity contribution in [1.82, 2.24) is 14.8 Å². The van der Waals surface area contributed by atoms with Crippen LogP contribution in [0.15, 0.2) is 0 Å². The molecule has 0 aromatic carbocycles. The van der Waals surface area contributed by atoms with Gasteiger partial charge >= 0.3 is 0 Å². The molecule has 1 unspecified atom stereocenters. The van der Waals surface area contributed by atoms with E-state index >= 15 is 0 Å². The molecule has 1 fully saturated rings. The number of aromatic nitrogens is 3. The highest BCUT2D eigenvalue weighted by Crippen LogP contribution is 2.33. The third kappa shape index (κ3) is 1.57. The van der Waals surface area contributed by atoms with Gasteiger partial charge < -0.3 is 5.73 Å². The molecule has 2 N–H and O–H groups in total. The Kier molecular flexibility index (Phi) is 2.24. The quantitative estimate of drug-likeness (QED) is 0.761. The van der Waals surface area contributed by atoms with Crippen molar-refractivity contribution in [3.63, 3.8) is 0 Å². The Hall–Kier alpha value is -0.900. The molecule has 4 nitrogen and oxygen atoms in total. The fourth-order valence-corrected chi connectivity index (χ4v) is 2.76. The van der Waals surface area contributed by atoms with Gasteiger partial charge in [-0.1, -0.05) is 12.8 Å². The van der Waals surface area contributed by atoms with Crippen molar-refractivity contribution in [2.75, 3.05) is 0 Å². The van der Waals surface area contributed by atoms with Gasteiger partial charge in [-0.2, -0.15) is 5.10 Å². The van der Waals surface area contributed by atoms with Crippen LogP contribution in [-0.2, 0) is 6.54 Å². The molecule has 2 heterocycles. The van der Waals surface area contributed by atoms with Crippen molar-refractivity contribution < 1.29 is 0 Å². The Morgan fingerprint density at radius 1 is 1.13 bits per heavy atom. The third-order valence-corrected chi connectivity index (χ3v) is 3.65. The Balaban J connectivity index is 1.90. The Labute approximate surface area is 89.9 Å². The SMILES string of the molecule is NC1CCCn2nc(C3CCCC3)nc21. The number of fused-ring (bicyclic) bond motifs is 1. The van der Waals surface area contributed by atoms with E-state index < -0.39 is 0 Å². The predicted octanol–water partition coefficient (Wildman–Crippen LogP) is 1.73. The molecule has 82 valence electrons. The number of rotatable bonds is 1. The molecule has 2 aliphatic rings. The number of hydrogen-bond acceptors (Lipinski definition) is 3. The van der Waals surface area contributed by atoms with E-state index in [0.717, 1.165) is 31.0 Å². The number of nitrogens with two attached hydrogens (primary N) is 1. The Morgan fingerprint density at radius 3 is 2.67 bits per heavy atom. The molecule has 1 aromatic rings. The summed E-state index contributed by atoms with van der Waals surface area (Å²) < 4.78 is 2.03. The molecule has 4 heteroatoms.